The van der Waals surface area contributed by atoms with Crippen molar-refractivity contribution >= 4 is 23.7 Å². The van der Waals surface area contributed by atoms with Crippen molar-refractivity contribution in [3.8, 4) is 0 Å². The molecule has 1 heterocycles. The second-order valence-corrected chi connectivity index (χ2v) is 8.85. The lowest BCUT2D eigenvalue weighted by Crippen LogP contribution is -2.66. The Morgan fingerprint density at radius 2 is 1.73 bits per heavy atom. The summed E-state index contributed by atoms with van der Waals surface area (Å²) in [6.07, 6.45) is 0.846. The lowest BCUT2D eigenvalue weighted by Gasteiger charge is -2.69. The highest BCUT2D eigenvalue weighted by Crippen LogP contribution is 2.74. The molecule has 0 aromatic heterocycles. The third-order valence-electron chi connectivity index (χ3n) is 6.81. The molecular weight excluding hydrogens is 420 g/mol. The highest BCUT2D eigenvalue weighted by Gasteiger charge is 2.70. The van der Waals surface area contributed by atoms with Crippen molar-refractivity contribution in [3.05, 3.63) is 70.0 Å². The molecule has 3 fully saturated rings. The van der Waals surface area contributed by atoms with Crippen LogP contribution in [0.3, 0.4) is 0 Å². The molecule has 2 aromatic carbocycles. The summed E-state index contributed by atoms with van der Waals surface area (Å²) in [6.45, 7) is 0. The Bertz CT molecular complexity index is 1030. The van der Waals surface area contributed by atoms with E-state index >= 15 is 4.39 Å². The monoisotopic (exact) mass is 436 g/mol. The Hall–Kier alpha value is -2.41. The minimum atomic E-state index is -1.41. The minimum absolute atomic E-state index is 0.133. The first kappa shape index (κ1) is 19.5. The van der Waals surface area contributed by atoms with Crippen LogP contribution in [0.5, 0.6) is 0 Å². The van der Waals surface area contributed by atoms with E-state index in [9.17, 15) is 18.0 Å². The molecule has 3 saturated carbocycles. The van der Waals surface area contributed by atoms with Crippen molar-refractivity contribution in [1.82, 2.24) is 5.01 Å². The Balaban J connectivity index is 1.42. The standard InChI is InChI=1S/C22H17ClF4N2O/c23-14-1-12(4-15(24)5-14)21(27)20-13-8-22(20,9-13)19-7-18(29(10-30)28-19)11-2-16(25)6-17(26)3-11/h1-6,10,13,18,20-21H,7-9H2. The van der Waals surface area contributed by atoms with Crippen LogP contribution in [0.4, 0.5) is 17.6 Å². The van der Waals surface area contributed by atoms with Crippen molar-refractivity contribution in [2.24, 2.45) is 22.4 Å². The zero-order valence-corrected chi connectivity index (χ0v) is 16.4. The lowest BCUT2D eigenvalue weighted by molar-refractivity contribution is -0.172. The van der Waals surface area contributed by atoms with E-state index in [-0.39, 0.29) is 28.8 Å². The molecule has 4 aliphatic rings. The quantitative estimate of drug-likeness (QED) is 0.433. The molecule has 1 aliphatic heterocycles. The molecule has 2 aromatic rings. The zero-order valence-electron chi connectivity index (χ0n) is 15.7. The van der Waals surface area contributed by atoms with E-state index in [1.54, 1.807) is 0 Å². The van der Waals surface area contributed by atoms with Gasteiger partial charge in [0.05, 0.1) is 6.04 Å². The van der Waals surface area contributed by atoms with Gasteiger partial charge < -0.3 is 0 Å². The fourth-order valence-electron chi connectivity index (χ4n) is 5.39. The molecule has 2 bridgehead atoms. The van der Waals surface area contributed by atoms with Gasteiger partial charge in [0.1, 0.15) is 23.6 Å². The van der Waals surface area contributed by atoms with Crippen LogP contribution in [0.25, 0.3) is 0 Å². The first-order chi connectivity index (χ1) is 14.3. The number of carbonyl (C=O) groups is 1. The average molecular weight is 437 g/mol. The molecule has 3 unspecified atom stereocenters. The summed E-state index contributed by atoms with van der Waals surface area (Å²) in [6, 6.07) is 6.17. The number of benzene rings is 2. The van der Waals surface area contributed by atoms with Gasteiger partial charge in [-0.2, -0.15) is 5.10 Å². The molecule has 0 radical (unpaired) electrons. The highest BCUT2D eigenvalue weighted by atomic mass is 35.5. The Kier molecular flexibility index (Phi) is 4.43. The molecule has 0 saturated heterocycles. The second-order valence-electron chi connectivity index (χ2n) is 8.41. The summed E-state index contributed by atoms with van der Waals surface area (Å²) in [5.41, 5.74) is 0.621. The largest absolute Gasteiger partial charge is 0.277 e. The van der Waals surface area contributed by atoms with Gasteiger partial charge in [0.2, 0.25) is 6.41 Å². The predicted octanol–water partition coefficient (Wildman–Crippen LogP) is 5.75. The van der Waals surface area contributed by atoms with E-state index in [0.29, 0.717) is 17.7 Å². The van der Waals surface area contributed by atoms with Gasteiger partial charge in [-0.25, -0.2) is 22.6 Å². The number of carbonyl (C=O) groups excluding carboxylic acids is 1. The zero-order chi connectivity index (χ0) is 21.2. The molecule has 3 atom stereocenters. The van der Waals surface area contributed by atoms with Crippen molar-refractivity contribution in [2.45, 2.75) is 31.5 Å². The fourth-order valence-corrected chi connectivity index (χ4v) is 5.62. The topological polar surface area (TPSA) is 32.7 Å². The second kappa shape index (κ2) is 6.80. The van der Waals surface area contributed by atoms with E-state index in [1.807, 2.05) is 0 Å². The van der Waals surface area contributed by atoms with Gasteiger partial charge in [-0.05, 0) is 60.2 Å². The fraction of sp³-hybridized carbons (Fsp3) is 0.364. The van der Waals surface area contributed by atoms with Gasteiger partial charge in [0, 0.05) is 34.6 Å². The number of rotatable bonds is 5. The Labute approximate surface area is 175 Å². The normalized spacial score (nSPS) is 30.4. The molecular formula is C22H17ClF4N2O. The van der Waals surface area contributed by atoms with E-state index in [0.717, 1.165) is 36.0 Å². The molecule has 0 N–H and O–H groups in total. The van der Waals surface area contributed by atoms with Gasteiger partial charge >= 0.3 is 0 Å². The Morgan fingerprint density at radius 1 is 1.07 bits per heavy atom. The van der Waals surface area contributed by atoms with Crippen LogP contribution in [0.2, 0.25) is 5.02 Å². The number of amides is 1. The van der Waals surface area contributed by atoms with Crippen molar-refractivity contribution in [3.63, 3.8) is 0 Å². The maximum atomic E-state index is 15.4. The van der Waals surface area contributed by atoms with Gasteiger partial charge in [-0.1, -0.05) is 11.6 Å². The van der Waals surface area contributed by atoms with Crippen LogP contribution in [0.1, 0.15) is 42.6 Å². The molecule has 6 rings (SSSR count). The van der Waals surface area contributed by atoms with E-state index in [1.165, 1.54) is 18.2 Å². The average Bonchev–Trinajstić information content (AvgIpc) is 3.02. The van der Waals surface area contributed by atoms with Crippen LogP contribution in [0.15, 0.2) is 41.5 Å². The van der Waals surface area contributed by atoms with Gasteiger partial charge in [0.15, 0.2) is 0 Å². The third kappa shape index (κ3) is 2.86. The van der Waals surface area contributed by atoms with Crippen molar-refractivity contribution in [1.29, 1.82) is 0 Å². The molecule has 3 aliphatic carbocycles. The molecule has 0 spiro atoms. The van der Waals surface area contributed by atoms with E-state index in [4.69, 9.17) is 11.6 Å². The summed E-state index contributed by atoms with van der Waals surface area (Å²) in [5.74, 6) is -2.30. The number of hydrogen-bond acceptors (Lipinski definition) is 2. The maximum absolute atomic E-state index is 15.4. The SMILES string of the molecule is O=CN1N=C(C23CC(C2)C3C(F)c2cc(F)cc(Cl)c2)CC1c1cc(F)cc(F)c1. The predicted molar refractivity (Wildman–Crippen MR) is 103 cm³/mol. The van der Waals surface area contributed by atoms with Crippen LogP contribution in [-0.2, 0) is 4.79 Å². The maximum Gasteiger partial charge on any atom is 0.230 e. The summed E-state index contributed by atoms with van der Waals surface area (Å²) >= 11 is 5.88. The van der Waals surface area contributed by atoms with Crippen LogP contribution in [0, 0.1) is 34.7 Å². The summed E-state index contributed by atoms with van der Waals surface area (Å²) in [5, 5.41) is 5.67. The van der Waals surface area contributed by atoms with Crippen molar-refractivity contribution < 1.29 is 22.4 Å². The molecule has 8 heteroatoms. The molecule has 30 heavy (non-hydrogen) atoms. The number of alkyl halides is 1. The minimum Gasteiger partial charge on any atom is -0.277 e. The first-order valence-electron chi connectivity index (χ1n) is 9.68. The number of nitrogens with zero attached hydrogens (tertiary/aromatic N) is 2. The molecule has 3 nitrogen and oxygen atoms in total. The first-order valence-corrected chi connectivity index (χ1v) is 10.1. The number of hydrogen-bond donors (Lipinski definition) is 0. The highest BCUT2D eigenvalue weighted by molar-refractivity contribution is 6.30. The number of hydrazone groups is 1. The smallest absolute Gasteiger partial charge is 0.230 e. The van der Waals surface area contributed by atoms with Gasteiger partial charge in [-0.15, -0.1) is 0 Å². The van der Waals surface area contributed by atoms with E-state index < -0.39 is 35.1 Å². The van der Waals surface area contributed by atoms with E-state index in [2.05, 4.69) is 5.10 Å². The summed E-state index contributed by atoms with van der Waals surface area (Å²) in [4.78, 5) is 11.6. The van der Waals surface area contributed by atoms with Crippen LogP contribution < -0.4 is 0 Å². The summed E-state index contributed by atoms with van der Waals surface area (Å²) < 4.78 is 56.4. The van der Waals surface area contributed by atoms with Gasteiger partial charge in [0.25, 0.3) is 0 Å². The van der Waals surface area contributed by atoms with Gasteiger partial charge in [-0.3, -0.25) is 4.79 Å². The molecule has 1 amide bonds. The number of halogens is 5. The van der Waals surface area contributed by atoms with Crippen LogP contribution in [-0.4, -0.2) is 17.1 Å². The third-order valence-corrected chi connectivity index (χ3v) is 7.03. The summed E-state index contributed by atoms with van der Waals surface area (Å²) in [7, 11) is 0. The van der Waals surface area contributed by atoms with Crippen molar-refractivity contribution in [2.75, 3.05) is 0 Å². The molecule has 156 valence electrons. The Morgan fingerprint density at radius 3 is 2.30 bits per heavy atom. The van der Waals surface area contributed by atoms with Crippen LogP contribution >= 0.6 is 11.6 Å². The lowest BCUT2D eigenvalue weighted by atomic mass is 9.34.